The first-order valence-electron chi connectivity index (χ1n) is 7.93. The van der Waals surface area contributed by atoms with Crippen molar-refractivity contribution in [3.8, 4) is 0 Å². The first-order chi connectivity index (χ1) is 9.16. The molecule has 0 saturated heterocycles. The molecule has 1 saturated carbocycles. The third kappa shape index (κ3) is 3.60. The second-order valence-electron chi connectivity index (χ2n) is 6.59. The molecule has 2 N–H and O–H groups in total. The van der Waals surface area contributed by atoms with Crippen LogP contribution < -0.4 is 5.73 Å². The van der Waals surface area contributed by atoms with Crippen molar-refractivity contribution in [3.63, 3.8) is 0 Å². The van der Waals surface area contributed by atoms with Crippen molar-refractivity contribution >= 4 is 0 Å². The molecule has 1 nitrogen and oxygen atoms in total. The minimum atomic E-state index is 0.431. The van der Waals surface area contributed by atoms with Gasteiger partial charge in [0, 0.05) is 0 Å². The molecule has 1 unspecified atom stereocenters. The van der Waals surface area contributed by atoms with E-state index >= 15 is 0 Å². The lowest BCUT2D eigenvalue weighted by Gasteiger charge is -2.40. The van der Waals surface area contributed by atoms with Gasteiger partial charge in [0.25, 0.3) is 0 Å². The number of hydrogen-bond donors (Lipinski definition) is 1. The van der Waals surface area contributed by atoms with Crippen molar-refractivity contribution in [2.45, 2.75) is 64.2 Å². The summed E-state index contributed by atoms with van der Waals surface area (Å²) in [5.74, 6) is 0.740. The molecule has 0 aliphatic heterocycles. The quantitative estimate of drug-likeness (QED) is 0.823. The van der Waals surface area contributed by atoms with Crippen molar-refractivity contribution in [1.82, 2.24) is 0 Å². The largest absolute Gasteiger partial charge is 0.330 e. The number of nitrogens with two attached hydrogens (primary N) is 1. The van der Waals surface area contributed by atoms with Gasteiger partial charge < -0.3 is 5.73 Å². The third-order valence-corrected chi connectivity index (χ3v) is 4.87. The van der Waals surface area contributed by atoms with E-state index in [4.69, 9.17) is 5.73 Å². The van der Waals surface area contributed by atoms with Gasteiger partial charge in [0.2, 0.25) is 0 Å². The summed E-state index contributed by atoms with van der Waals surface area (Å²) >= 11 is 0. The van der Waals surface area contributed by atoms with Gasteiger partial charge in [-0.25, -0.2) is 0 Å². The van der Waals surface area contributed by atoms with E-state index in [1.165, 1.54) is 44.1 Å². The molecule has 2 rings (SSSR count). The van der Waals surface area contributed by atoms with Crippen LogP contribution in [0.15, 0.2) is 24.3 Å². The molecule has 0 amide bonds. The maximum atomic E-state index is 5.74. The zero-order valence-electron chi connectivity index (χ0n) is 12.6. The summed E-state index contributed by atoms with van der Waals surface area (Å²) in [4.78, 5) is 0. The van der Waals surface area contributed by atoms with Gasteiger partial charge in [0.1, 0.15) is 0 Å². The Morgan fingerprint density at radius 3 is 2.32 bits per heavy atom. The fraction of sp³-hybridized carbons (Fsp3) is 0.667. The molecule has 19 heavy (non-hydrogen) atoms. The molecule has 0 aromatic heterocycles. The molecule has 0 spiro atoms. The van der Waals surface area contributed by atoms with Gasteiger partial charge in [-0.2, -0.15) is 0 Å². The molecular formula is C18H29N. The Kier molecular flexibility index (Phi) is 5.04. The van der Waals surface area contributed by atoms with Crippen LogP contribution in [-0.4, -0.2) is 6.54 Å². The lowest BCUT2D eigenvalue weighted by molar-refractivity contribution is 0.234. The SMILES string of the molecule is Cc1ccc(C2(CC(C)CCN)CCCCC2)cc1. The molecule has 1 atom stereocenters. The lowest BCUT2D eigenvalue weighted by atomic mass is 9.65. The van der Waals surface area contributed by atoms with E-state index in [1.54, 1.807) is 5.56 Å². The molecule has 1 heteroatoms. The van der Waals surface area contributed by atoms with Gasteiger partial charge in [0.05, 0.1) is 0 Å². The minimum absolute atomic E-state index is 0.431. The highest BCUT2D eigenvalue weighted by Gasteiger charge is 2.34. The van der Waals surface area contributed by atoms with Gasteiger partial charge in [-0.15, -0.1) is 0 Å². The lowest BCUT2D eigenvalue weighted by Crippen LogP contribution is -2.31. The second kappa shape index (κ2) is 6.56. The molecule has 1 aromatic rings. The summed E-state index contributed by atoms with van der Waals surface area (Å²) in [6.07, 6.45) is 9.40. The van der Waals surface area contributed by atoms with E-state index in [9.17, 15) is 0 Å². The van der Waals surface area contributed by atoms with Crippen LogP contribution in [0.4, 0.5) is 0 Å². The van der Waals surface area contributed by atoms with Crippen LogP contribution in [0.5, 0.6) is 0 Å². The summed E-state index contributed by atoms with van der Waals surface area (Å²) in [5, 5.41) is 0. The monoisotopic (exact) mass is 259 g/mol. The standard InChI is InChI=1S/C18H29N/c1-15-6-8-17(9-7-15)18(11-4-3-5-12-18)14-16(2)10-13-19/h6-9,16H,3-5,10-14,19H2,1-2H3. The van der Waals surface area contributed by atoms with Crippen molar-refractivity contribution in [3.05, 3.63) is 35.4 Å². The van der Waals surface area contributed by atoms with E-state index in [0.29, 0.717) is 5.41 Å². The maximum absolute atomic E-state index is 5.74. The Morgan fingerprint density at radius 2 is 1.74 bits per heavy atom. The average molecular weight is 259 g/mol. The molecule has 1 aliphatic rings. The fourth-order valence-electron chi connectivity index (χ4n) is 3.80. The maximum Gasteiger partial charge on any atom is -0.00444 e. The van der Waals surface area contributed by atoms with Crippen LogP contribution in [0.25, 0.3) is 0 Å². The Balaban J connectivity index is 2.20. The molecule has 1 aromatic carbocycles. The Bertz CT molecular complexity index is 373. The minimum Gasteiger partial charge on any atom is -0.330 e. The molecule has 0 heterocycles. The number of aryl methyl sites for hydroxylation is 1. The molecule has 1 aliphatic carbocycles. The van der Waals surface area contributed by atoms with E-state index in [0.717, 1.165) is 18.9 Å². The van der Waals surface area contributed by atoms with Crippen molar-refractivity contribution in [2.24, 2.45) is 11.7 Å². The predicted molar refractivity (Wildman–Crippen MR) is 83.4 cm³/mol. The average Bonchev–Trinajstić information content (AvgIpc) is 2.40. The first kappa shape index (κ1) is 14.6. The molecule has 0 bridgehead atoms. The third-order valence-electron chi connectivity index (χ3n) is 4.87. The molecule has 106 valence electrons. The molecule has 0 radical (unpaired) electrons. The highest BCUT2D eigenvalue weighted by Crippen LogP contribution is 2.44. The van der Waals surface area contributed by atoms with Crippen LogP contribution in [0.1, 0.15) is 63.0 Å². The number of rotatable bonds is 5. The topological polar surface area (TPSA) is 26.0 Å². The van der Waals surface area contributed by atoms with Gasteiger partial charge in [-0.3, -0.25) is 0 Å². The normalized spacial score (nSPS) is 20.2. The number of benzene rings is 1. The van der Waals surface area contributed by atoms with E-state index in [2.05, 4.69) is 38.1 Å². The summed E-state index contributed by atoms with van der Waals surface area (Å²) in [6.45, 7) is 5.37. The second-order valence-corrected chi connectivity index (χ2v) is 6.59. The van der Waals surface area contributed by atoms with E-state index in [1.807, 2.05) is 0 Å². The molecule has 1 fully saturated rings. The zero-order valence-corrected chi connectivity index (χ0v) is 12.6. The van der Waals surface area contributed by atoms with Crippen molar-refractivity contribution in [1.29, 1.82) is 0 Å². The Morgan fingerprint density at radius 1 is 1.11 bits per heavy atom. The van der Waals surface area contributed by atoms with E-state index in [-0.39, 0.29) is 0 Å². The smallest absolute Gasteiger partial charge is 0.00444 e. The summed E-state index contributed by atoms with van der Waals surface area (Å²) in [7, 11) is 0. The Hall–Kier alpha value is -0.820. The highest BCUT2D eigenvalue weighted by molar-refractivity contribution is 5.29. The van der Waals surface area contributed by atoms with E-state index < -0.39 is 0 Å². The van der Waals surface area contributed by atoms with Crippen LogP contribution in [0, 0.1) is 12.8 Å². The fourth-order valence-corrected chi connectivity index (χ4v) is 3.80. The van der Waals surface area contributed by atoms with Gasteiger partial charge in [0.15, 0.2) is 0 Å². The summed E-state index contributed by atoms with van der Waals surface area (Å²) in [5.41, 5.74) is 9.10. The summed E-state index contributed by atoms with van der Waals surface area (Å²) < 4.78 is 0. The van der Waals surface area contributed by atoms with Gasteiger partial charge >= 0.3 is 0 Å². The van der Waals surface area contributed by atoms with Gasteiger partial charge in [-0.1, -0.05) is 56.0 Å². The van der Waals surface area contributed by atoms with Gasteiger partial charge in [-0.05, 0) is 56.0 Å². The van der Waals surface area contributed by atoms with Crippen LogP contribution in [0.2, 0.25) is 0 Å². The van der Waals surface area contributed by atoms with Crippen LogP contribution in [0.3, 0.4) is 0 Å². The highest BCUT2D eigenvalue weighted by atomic mass is 14.5. The van der Waals surface area contributed by atoms with Crippen LogP contribution >= 0.6 is 0 Å². The van der Waals surface area contributed by atoms with Crippen molar-refractivity contribution in [2.75, 3.05) is 6.54 Å². The summed E-state index contributed by atoms with van der Waals surface area (Å²) in [6, 6.07) is 9.30. The van der Waals surface area contributed by atoms with Crippen molar-refractivity contribution < 1.29 is 0 Å². The van der Waals surface area contributed by atoms with Crippen LogP contribution in [-0.2, 0) is 5.41 Å². The molecular weight excluding hydrogens is 230 g/mol. The predicted octanol–water partition coefficient (Wildman–Crippen LogP) is 4.57. The first-order valence-corrected chi connectivity index (χ1v) is 7.93. The zero-order chi connectivity index (χ0) is 13.7. The Labute approximate surface area is 118 Å². The number of hydrogen-bond acceptors (Lipinski definition) is 1.